The third kappa shape index (κ3) is 6.12. The summed E-state index contributed by atoms with van der Waals surface area (Å²) in [6, 6.07) is 0.315. The van der Waals surface area contributed by atoms with Crippen molar-refractivity contribution in [3.8, 4) is 0 Å². The molecule has 0 aromatic rings. The number of amides is 1. The summed E-state index contributed by atoms with van der Waals surface area (Å²) in [6.45, 7) is 10.2. The van der Waals surface area contributed by atoms with Crippen LogP contribution in [0.4, 0.5) is 4.79 Å². The molecule has 1 atom stereocenters. The molecule has 0 aliphatic carbocycles. The second-order valence-electron chi connectivity index (χ2n) is 6.46. The number of allylic oxidation sites excluding steroid dienone is 1. The number of hydrogen-bond donors (Lipinski definition) is 0. The van der Waals surface area contributed by atoms with E-state index >= 15 is 0 Å². The van der Waals surface area contributed by atoms with Crippen molar-refractivity contribution in [3.63, 3.8) is 0 Å². The molecule has 0 saturated heterocycles. The van der Waals surface area contributed by atoms with Gasteiger partial charge in [-0.25, -0.2) is 0 Å². The van der Waals surface area contributed by atoms with Gasteiger partial charge >= 0.3 is 117 Å². The van der Waals surface area contributed by atoms with Crippen molar-refractivity contribution in [1.29, 1.82) is 0 Å². The summed E-state index contributed by atoms with van der Waals surface area (Å²) in [6.07, 6.45) is 3.35. The van der Waals surface area contributed by atoms with Gasteiger partial charge in [-0.05, 0) is 0 Å². The van der Waals surface area contributed by atoms with Crippen molar-refractivity contribution >= 4 is 24.5 Å². The van der Waals surface area contributed by atoms with E-state index in [1.165, 1.54) is 0 Å². The van der Waals surface area contributed by atoms with Crippen LogP contribution in [0.15, 0.2) is 12.3 Å². The Morgan fingerprint density at radius 2 is 1.50 bits per heavy atom. The van der Waals surface area contributed by atoms with E-state index in [2.05, 4.69) is 21.7 Å². The van der Waals surface area contributed by atoms with Crippen LogP contribution in [0.1, 0.15) is 34.6 Å². The summed E-state index contributed by atoms with van der Waals surface area (Å²) in [7, 11) is 0. The molecule has 0 N–H and O–H groups in total. The molecule has 0 heterocycles. The van der Waals surface area contributed by atoms with Gasteiger partial charge in [-0.1, -0.05) is 0 Å². The fourth-order valence-corrected chi connectivity index (χ4v) is 3.45. The normalized spacial score (nSPS) is 14.3. The Kier molecular flexibility index (Phi) is 7.33. The minimum absolute atomic E-state index is 0.158. The van der Waals surface area contributed by atoms with Crippen LogP contribution in [0.2, 0.25) is 18.8 Å². The summed E-state index contributed by atoms with van der Waals surface area (Å²) in [5.41, 5.74) is 0. The van der Waals surface area contributed by atoms with Gasteiger partial charge in [0.05, 0.1) is 0 Å². The van der Waals surface area contributed by atoms with Crippen LogP contribution in [0.3, 0.4) is 0 Å². The Morgan fingerprint density at radius 3 is 1.83 bits per heavy atom. The zero-order valence-corrected chi connectivity index (χ0v) is 16.0. The van der Waals surface area contributed by atoms with E-state index in [1.807, 2.05) is 33.8 Å². The van der Waals surface area contributed by atoms with Crippen LogP contribution in [0.25, 0.3) is 0 Å². The first kappa shape index (κ1) is 17.8. The zero-order chi connectivity index (χ0) is 14.5. The number of ether oxygens (including phenoxy) is 1. The molecule has 1 amide bonds. The zero-order valence-electron chi connectivity index (χ0n) is 13.2. The molecule has 0 aliphatic heterocycles. The fourth-order valence-electron chi connectivity index (χ4n) is 1.58. The second-order valence-corrected chi connectivity index (χ2v) is 22.6. The van der Waals surface area contributed by atoms with Gasteiger partial charge in [-0.15, -0.1) is 0 Å². The summed E-state index contributed by atoms with van der Waals surface area (Å²) in [4.78, 5) is 20.8. The van der Waals surface area contributed by atoms with Gasteiger partial charge in [-0.3, -0.25) is 0 Å². The number of hydrogen-bond acceptors (Lipinski definition) is 2. The predicted octanol–water partition coefficient (Wildman–Crippen LogP) is 4.48. The standard InChI is InChI=1S/C11H20NO2.3CH3.Sn/c1-6-7-8-14-11(13)12(9(2)3)10(4)5;;;;/h6-10H,1-5H3;3*1H3;/b8-7-;;;;. The monoisotopic (exact) mass is 363 g/mol. The molecule has 0 unspecified atom stereocenters. The molecular weight excluding hydrogens is 333 g/mol. The molecule has 0 saturated carbocycles. The predicted molar refractivity (Wildman–Crippen MR) is 80.5 cm³/mol. The molecule has 0 aromatic heterocycles. The quantitative estimate of drug-likeness (QED) is 0.533. The van der Waals surface area contributed by atoms with Gasteiger partial charge < -0.3 is 0 Å². The summed E-state index contributed by atoms with van der Waals surface area (Å²) < 4.78 is 5.80. The van der Waals surface area contributed by atoms with Crippen molar-refractivity contribution in [2.75, 3.05) is 0 Å². The molecule has 0 radical (unpaired) electrons. The van der Waals surface area contributed by atoms with E-state index in [-0.39, 0.29) is 18.2 Å². The van der Waals surface area contributed by atoms with Crippen molar-refractivity contribution < 1.29 is 9.53 Å². The van der Waals surface area contributed by atoms with Crippen LogP contribution in [0, 0.1) is 0 Å². The Morgan fingerprint density at radius 1 is 1.06 bits per heavy atom. The Hall–Kier alpha value is -0.191. The van der Waals surface area contributed by atoms with E-state index in [9.17, 15) is 4.79 Å². The Bertz CT molecular complexity index is 285. The number of nitrogens with zero attached hydrogens (tertiary/aromatic N) is 1. The van der Waals surface area contributed by atoms with Crippen LogP contribution >= 0.6 is 0 Å². The molecule has 0 aromatic carbocycles. The third-order valence-electron chi connectivity index (χ3n) is 3.23. The van der Waals surface area contributed by atoms with Crippen LogP contribution in [-0.4, -0.2) is 41.5 Å². The first-order chi connectivity index (χ1) is 8.07. The summed E-state index contributed by atoms with van der Waals surface area (Å²) in [5, 5.41) is 0. The van der Waals surface area contributed by atoms with Gasteiger partial charge in [0, 0.05) is 0 Å². The van der Waals surface area contributed by atoms with E-state index in [4.69, 9.17) is 4.74 Å². The molecule has 3 nitrogen and oxygen atoms in total. The average molecular weight is 362 g/mol. The molecular formula is C14H29NO2Sn. The molecule has 18 heavy (non-hydrogen) atoms. The van der Waals surface area contributed by atoms with E-state index in [0.29, 0.717) is 3.93 Å². The van der Waals surface area contributed by atoms with Gasteiger partial charge in [0.15, 0.2) is 0 Å². The topological polar surface area (TPSA) is 29.5 Å². The molecule has 106 valence electrons. The summed E-state index contributed by atoms with van der Waals surface area (Å²) >= 11 is -1.90. The van der Waals surface area contributed by atoms with E-state index in [1.54, 1.807) is 11.2 Å². The van der Waals surface area contributed by atoms with Gasteiger partial charge in [0.1, 0.15) is 0 Å². The molecule has 0 bridgehead atoms. The van der Waals surface area contributed by atoms with E-state index < -0.39 is 18.4 Å². The van der Waals surface area contributed by atoms with Crippen molar-refractivity contribution in [3.05, 3.63) is 12.3 Å². The SMILES string of the molecule is CC(C)N(C(=O)O/C=C\[C@@H](C)[Sn]([CH3])([CH3])[CH3])C(C)C. The van der Waals surface area contributed by atoms with Gasteiger partial charge in [-0.2, -0.15) is 0 Å². The fraction of sp³-hybridized carbons (Fsp3) is 0.786. The van der Waals surface area contributed by atoms with E-state index in [0.717, 1.165) is 0 Å². The molecule has 4 heteroatoms. The maximum absolute atomic E-state index is 11.9. The number of carbonyl (C=O) groups is 1. The van der Waals surface area contributed by atoms with Crippen LogP contribution in [-0.2, 0) is 4.74 Å². The average Bonchev–Trinajstić information content (AvgIpc) is 2.14. The maximum atomic E-state index is 11.9. The molecule has 0 fully saturated rings. The first-order valence-electron chi connectivity index (χ1n) is 6.73. The van der Waals surface area contributed by atoms with Crippen LogP contribution in [0.5, 0.6) is 0 Å². The number of carbonyl (C=O) groups excluding carboxylic acids is 1. The van der Waals surface area contributed by atoms with Crippen molar-refractivity contribution in [1.82, 2.24) is 4.90 Å². The summed E-state index contributed by atoms with van der Waals surface area (Å²) in [5.74, 6) is 0. The Balaban J connectivity index is 4.46. The Labute approximate surface area is 116 Å². The van der Waals surface area contributed by atoms with Crippen LogP contribution < -0.4 is 0 Å². The molecule has 0 aliphatic rings. The minimum atomic E-state index is -1.90. The first-order valence-corrected chi connectivity index (χ1v) is 16.9. The molecule has 0 spiro atoms. The van der Waals surface area contributed by atoms with Gasteiger partial charge in [0.2, 0.25) is 0 Å². The second kappa shape index (κ2) is 7.41. The van der Waals surface area contributed by atoms with Gasteiger partial charge in [0.25, 0.3) is 0 Å². The molecule has 0 rings (SSSR count). The van der Waals surface area contributed by atoms with Crippen molar-refractivity contribution in [2.45, 2.75) is 65.5 Å². The number of rotatable bonds is 5. The third-order valence-corrected chi connectivity index (χ3v) is 11.6. The van der Waals surface area contributed by atoms with Crippen molar-refractivity contribution in [2.24, 2.45) is 0 Å².